The Morgan fingerprint density at radius 2 is 2.10 bits per heavy atom. The molecule has 1 fully saturated rings. The van der Waals surface area contributed by atoms with E-state index in [1.165, 1.54) is 6.20 Å². The number of rotatable bonds is 1. The number of nitrogens with zero attached hydrogens (tertiary/aromatic N) is 2. The summed E-state index contributed by atoms with van der Waals surface area (Å²) in [5.41, 5.74) is 5.07. The van der Waals surface area contributed by atoms with Crippen LogP contribution < -0.4 is 10.6 Å². The molecule has 0 spiro atoms. The number of alkyl halides is 3. The fourth-order valence-electron chi connectivity index (χ4n) is 2.45. The van der Waals surface area contributed by atoms with E-state index < -0.39 is 11.7 Å². The Morgan fingerprint density at radius 3 is 2.65 bits per heavy atom. The summed E-state index contributed by atoms with van der Waals surface area (Å²) in [7, 11) is 0. The fraction of sp³-hybridized carbons (Fsp3) is 0.615. The molecular weight excluding hydrogens is 335 g/mol. The van der Waals surface area contributed by atoms with Crippen LogP contribution in [-0.2, 0) is 6.18 Å². The summed E-state index contributed by atoms with van der Waals surface area (Å²) >= 11 is 3.04. The van der Waals surface area contributed by atoms with Crippen LogP contribution in [0, 0.1) is 5.41 Å². The minimum Gasteiger partial charge on any atom is -0.355 e. The number of nitrogens with two attached hydrogens (primary N) is 1. The summed E-state index contributed by atoms with van der Waals surface area (Å²) in [5, 5.41) is 0. The summed E-state index contributed by atoms with van der Waals surface area (Å²) in [6.07, 6.45) is -2.37. The van der Waals surface area contributed by atoms with E-state index >= 15 is 0 Å². The van der Waals surface area contributed by atoms with Gasteiger partial charge in [0.1, 0.15) is 5.82 Å². The van der Waals surface area contributed by atoms with Gasteiger partial charge in [-0.1, -0.05) is 13.8 Å². The van der Waals surface area contributed by atoms with Gasteiger partial charge in [-0.2, -0.15) is 13.2 Å². The lowest BCUT2D eigenvalue weighted by Crippen LogP contribution is -2.53. The molecule has 1 saturated heterocycles. The molecule has 1 aliphatic heterocycles. The molecule has 0 amide bonds. The van der Waals surface area contributed by atoms with Gasteiger partial charge in [-0.15, -0.1) is 0 Å². The van der Waals surface area contributed by atoms with Crippen molar-refractivity contribution in [2.45, 2.75) is 32.5 Å². The minimum absolute atomic E-state index is 0.0106. The second-order valence-corrected chi connectivity index (χ2v) is 6.74. The summed E-state index contributed by atoms with van der Waals surface area (Å²) < 4.78 is 39.7. The molecule has 112 valence electrons. The Labute approximate surface area is 124 Å². The van der Waals surface area contributed by atoms with Crippen LogP contribution in [0.2, 0.25) is 0 Å². The normalized spacial score (nSPS) is 22.9. The van der Waals surface area contributed by atoms with E-state index in [0.29, 0.717) is 24.0 Å². The van der Waals surface area contributed by atoms with Crippen molar-refractivity contribution in [1.29, 1.82) is 0 Å². The van der Waals surface area contributed by atoms with Crippen LogP contribution in [0.5, 0.6) is 0 Å². The van der Waals surface area contributed by atoms with Crippen LogP contribution in [-0.4, -0.2) is 24.1 Å². The first-order valence-corrected chi connectivity index (χ1v) is 7.14. The summed E-state index contributed by atoms with van der Waals surface area (Å²) in [6.45, 7) is 4.89. The maximum atomic E-state index is 13.1. The molecule has 2 N–H and O–H groups in total. The summed E-state index contributed by atoms with van der Waals surface area (Å²) in [6, 6.07) is 1.06. The van der Waals surface area contributed by atoms with Crippen LogP contribution >= 0.6 is 15.9 Å². The third-order valence-corrected chi connectivity index (χ3v) is 4.18. The van der Waals surface area contributed by atoms with Gasteiger partial charge < -0.3 is 10.6 Å². The van der Waals surface area contributed by atoms with Crippen molar-refractivity contribution in [1.82, 2.24) is 4.98 Å². The zero-order chi connectivity index (χ0) is 15.1. The minimum atomic E-state index is -4.42. The lowest BCUT2D eigenvalue weighted by molar-refractivity contribution is -0.137. The van der Waals surface area contributed by atoms with Gasteiger partial charge in [0, 0.05) is 29.8 Å². The molecule has 2 rings (SSSR count). The molecule has 1 aromatic heterocycles. The first-order valence-electron chi connectivity index (χ1n) is 6.34. The van der Waals surface area contributed by atoms with E-state index in [-0.39, 0.29) is 17.3 Å². The molecule has 0 saturated carbocycles. The molecule has 0 bridgehead atoms. The number of aromatic nitrogens is 1. The van der Waals surface area contributed by atoms with Crippen molar-refractivity contribution >= 4 is 21.7 Å². The predicted molar refractivity (Wildman–Crippen MR) is 75.5 cm³/mol. The average Bonchev–Trinajstić information content (AvgIpc) is 2.31. The van der Waals surface area contributed by atoms with Crippen LogP contribution in [0.3, 0.4) is 0 Å². The highest BCUT2D eigenvalue weighted by molar-refractivity contribution is 9.10. The van der Waals surface area contributed by atoms with Gasteiger partial charge in [0.2, 0.25) is 0 Å². The zero-order valence-corrected chi connectivity index (χ0v) is 12.9. The highest BCUT2D eigenvalue weighted by Gasteiger charge is 2.40. The fourth-order valence-corrected chi connectivity index (χ4v) is 2.78. The largest absolute Gasteiger partial charge is 0.419 e. The monoisotopic (exact) mass is 351 g/mol. The molecule has 1 aliphatic rings. The van der Waals surface area contributed by atoms with Gasteiger partial charge in [0.15, 0.2) is 0 Å². The third kappa shape index (κ3) is 3.09. The Bertz CT molecular complexity index is 502. The van der Waals surface area contributed by atoms with Gasteiger partial charge in [-0.3, -0.25) is 0 Å². The quantitative estimate of drug-likeness (QED) is 0.842. The second kappa shape index (κ2) is 5.18. The Hall–Kier alpha value is -0.820. The molecular formula is C13H17BrF3N3. The zero-order valence-electron chi connectivity index (χ0n) is 11.3. The Morgan fingerprint density at radius 1 is 1.45 bits per heavy atom. The molecule has 1 aromatic rings. The predicted octanol–water partition coefficient (Wildman–Crippen LogP) is 3.43. The van der Waals surface area contributed by atoms with Gasteiger partial charge in [-0.25, -0.2) is 4.98 Å². The number of piperidine rings is 1. The maximum absolute atomic E-state index is 13.1. The molecule has 2 heterocycles. The van der Waals surface area contributed by atoms with Crippen LogP contribution in [0.25, 0.3) is 0 Å². The molecule has 20 heavy (non-hydrogen) atoms. The second-order valence-electron chi connectivity index (χ2n) is 5.83. The van der Waals surface area contributed by atoms with E-state index in [4.69, 9.17) is 5.73 Å². The summed E-state index contributed by atoms with van der Waals surface area (Å²) in [4.78, 5) is 5.66. The summed E-state index contributed by atoms with van der Waals surface area (Å²) in [5.74, 6) is -0.0133. The molecule has 1 unspecified atom stereocenters. The molecule has 1 atom stereocenters. The average molecular weight is 352 g/mol. The highest BCUT2D eigenvalue weighted by Crippen LogP contribution is 2.39. The first kappa shape index (κ1) is 15.6. The molecule has 0 aliphatic carbocycles. The number of hydrogen-bond acceptors (Lipinski definition) is 3. The number of pyridine rings is 1. The standard InChI is InChI=1S/C13H17BrF3N3/c1-12(2)7-20(4-3-10(12)18)11-9(13(15,16)17)5-8(14)6-19-11/h5-6,10H,3-4,7,18H2,1-2H3. The number of hydrogen-bond donors (Lipinski definition) is 1. The van der Waals surface area contributed by atoms with Gasteiger partial charge in [0.05, 0.1) is 5.56 Å². The van der Waals surface area contributed by atoms with Crippen LogP contribution in [0.15, 0.2) is 16.7 Å². The lowest BCUT2D eigenvalue weighted by Gasteiger charge is -2.43. The number of anilines is 1. The molecule has 7 heteroatoms. The van der Waals surface area contributed by atoms with E-state index in [1.807, 2.05) is 13.8 Å². The smallest absolute Gasteiger partial charge is 0.355 e. The first-order chi connectivity index (χ1) is 9.11. The lowest BCUT2D eigenvalue weighted by atomic mass is 9.79. The van der Waals surface area contributed by atoms with E-state index in [1.54, 1.807) is 4.90 Å². The topological polar surface area (TPSA) is 42.2 Å². The van der Waals surface area contributed by atoms with Crippen LogP contribution in [0.4, 0.5) is 19.0 Å². The van der Waals surface area contributed by atoms with Crippen molar-refractivity contribution in [2.75, 3.05) is 18.0 Å². The SMILES string of the molecule is CC1(C)CN(c2ncc(Br)cc2C(F)(F)F)CCC1N. The molecule has 3 nitrogen and oxygen atoms in total. The molecule has 0 aromatic carbocycles. The molecule has 0 radical (unpaired) electrons. The van der Waals surface area contributed by atoms with Crippen molar-refractivity contribution in [3.63, 3.8) is 0 Å². The van der Waals surface area contributed by atoms with E-state index in [0.717, 1.165) is 6.07 Å². The maximum Gasteiger partial charge on any atom is 0.419 e. The van der Waals surface area contributed by atoms with Crippen molar-refractivity contribution in [3.8, 4) is 0 Å². The Kier molecular flexibility index (Phi) is 4.03. The van der Waals surface area contributed by atoms with Crippen molar-refractivity contribution < 1.29 is 13.2 Å². The van der Waals surface area contributed by atoms with Crippen molar-refractivity contribution in [2.24, 2.45) is 11.1 Å². The van der Waals surface area contributed by atoms with Crippen LogP contribution in [0.1, 0.15) is 25.8 Å². The highest BCUT2D eigenvalue weighted by atomic mass is 79.9. The van der Waals surface area contributed by atoms with Gasteiger partial charge >= 0.3 is 6.18 Å². The van der Waals surface area contributed by atoms with Gasteiger partial charge in [-0.05, 0) is 33.8 Å². The third-order valence-electron chi connectivity index (χ3n) is 3.75. The Balaban J connectivity index is 2.39. The van der Waals surface area contributed by atoms with Crippen molar-refractivity contribution in [3.05, 3.63) is 22.3 Å². The van der Waals surface area contributed by atoms with E-state index in [9.17, 15) is 13.2 Å². The van der Waals surface area contributed by atoms with E-state index in [2.05, 4.69) is 20.9 Å². The van der Waals surface area contributed by atoms with Gasteiger partial charge in [0.25, 0.3) is 0 Å². The number of halogens is 4.